The van der Waals surface area contributed by atoms with Crippen molar-refractivity contribution in [3.05, 3.63) is 22.2 Å². The third kappa shape index (κ3) is 6.88. The molecule has 3 N–H and O–H groups in total. The van der Waals surface area contributed by atoms with Crippen molar-refractivity contribution in [3.8, 4) is 0 Å². The zero-order valence-corrected chi connectivity index (χ0v) is 12.3. The van der Waals surface area contributed by atoms with E-state index in [0.717, 1.165) is 0 Å². The minimum atomic E-state index is -4.37. The molecule has 118 valence electrons. The lowest BCUT2D eigenvalue weighted by Crippen LogP contribution is -2.18. The van der Waals surface area contributed by atoms with E-state index in [9.17, 15) is 18.0 Å². The van der Waals surface area contributed by atoms with Crippen molar-refractivity contribution in [3.63, 3.8) is 0 Å². The van der Waals surface area contributed by atoms with E-state index in [0.29, 0.717) is 5.02 Å². The summed E-state index contributed by atoms with van der Waals surface area (Å²) in [4.78, 5) is 11.6. The minimum absolute atomic E-state index is 0.0176. The molecule has 4 nitrogen and oxygen atoms in total. The molecule has 0 aromatic heterocycles. The van der Waals surface area contributed by atoms with E-state index in [1.54, 1.807) is 0 Å². The topological polar surface area (TPSA) is 64.3 Å². The molecule has 0 unspecified atom stereocenters. The molecule has 0 saturated heterocycles. The van der Waals surface area contributed by atoms with Crippen molar-refractivity contribution in [2.45, 2.75) is 19.0 Å². The van der Waals surface area contributed by atoms with Crippen molar-refractivity contribution in [2.75, 3.05) is 24.3 Å². The van der Waals surface area contributed by atoms with Gasteiger partial charge in [0.05, 0.1) is 16.4 Å². The van der Waals surface area contributed by atoms with E-state index in [2.05, 4.69) is 10.1 Å². The average molecular weight is 345 g/mol. The molecule has 21 heavy (non-hydrogen) atoms. The van der Waals surface area contributed by atoms with Crippen LogP contribution >= 0.6 is 23.2 Å². The van der Waals surface area contributed by atoms with Gasteiger partial charge in [0.2, 0.25) is 5.91 Å². The van der Waals surface area contributed by atoms with Gasteiger partial charge in [-0.2, -0.15) is 13.2 Å². The third-order valence-electron chi connectivity index (χ3n) is 2.31. The fourth-order valence-electron chi connectivity index (χ4n) is 1.45. The summed E-state index contributed by atoms with van der Waals surface area (Å²) < 4.78 is 39.8. The van der Waals surface area contributed by atoms with E-state index in [1.807, 2.05) is 0 Å². The minimum Gasteiger partial charge on any atom is -0.397 e. The highest BCUT2D eigenvalue weighted by atomic mass is 35.5. The fraction of sp³-hybridized carbons (Fsp3) is 0.417. The first-order valence-electron chi connectivity index (χ1n) is 5.88. The second-order valence-electron chi connectivity index (χ2n) is 4.17. The summed E-state index contributed by atoms with van der Waals surface area (Å²) in [6, 6.07) is 2.84. The number of hydrogen-bond donors (Lipinski definition) is 2. The van der Waals surface area contributed by atoms with Crippen molar-refractivity contribution in [2.24, 2.45) is 0 Å². The molecule has 0 radical (unpaired) electrons. The number of benzene rings is 1. The number of nitrogens with two attached hydrogens (primary N) is 1. The Hall–Kier alpha value is -1.18. The molecule has 0 fully saturated rings. The van der Waals surface area contributed by atoms with Crippen LogP contribution in [0.3, 0.4) is 0 Å². The van der Waals surface area contributed by atoms with Gasteiger partial charge < -0.3 is 15.8 Å². The molecule has 1 aromatic carbocycles. The predicted octanol–water partition coefficient (Wildman–Crippen LogP) is 3.87. The third-order valence-corrected chi connectivity index (χ3v) is 2.82. The molecule has 0 aliphatic heterocycles. The Morgan fingerprint density at radius 1 is 1.33 bits per heavy atom. The van der Waals surface area contributed by atoms with Crippen LogP contribution in [0.15, 0.2) is 12.1 Å². The van der Waals surface area contributed by atoms with E-state index >= 15 is 0 Å². The maximum absolute atomic E-state index is 11.8. The van der Waals surface area contributed by atoms with Crippen molar-refractivity contribution in [1.29, 1.82) is 0 Å². The summed E-state index contributed by atoms with van der Waals surface area (Å²) in [7, 11) is 0. The molecule has 0 heterocycles. The molecule has 0 aliphatic rings. The molecule has 0 atom stereocenters. The summed E-state index contributed by atoms with van der Waals surface area (Å²) in [5.74, 6) is -0.429. The monoisotopic (exact) mass is 344 g/mol. The van der Waals surface area contributed by atoms with E-state index < -0.39 is 18.7 Å². The van der Waals surface area contributed by atoms with Crippen LogP contribution in [-0.4, -0.2) is 25.3 Å². The Balaban J connectivity index is 2.38. The Bertz CT molecular complexity index is 487. The molecule has 1 amide bonds. The van der Waals surface area contributed by atoms with Crippen LogP contribution in [0.2, 0.25) is 10.0 Å². The number of halogens is 5. The first kappa shape index (κ1) is 17.9. The number of carbonyl (C=O) groups is 1. The van der Waals surface area contributed by atoms with Crippen molar-refractivity contribution in [1.82, 2.24) is 0 Å². The molecule has 0 saturated carbocycles. The number of carbonyl (C=O) groups excluding carboxylic acids is 1. The smallest absolute Gasteiger partial charge is 0.397 e. The highest BCUT2D eigenvalue weighted by molar-refractivity contribution is 6.37. The lowest BCUT2D eigenvalue weighted by Gasteiger charge is -2.11. The van der Waals surface area contributed by atoms with E-state index in [-0.39, 0.29) is 35.8 Å². The number of nitrogen functional groups attached to an aromatic ring is 1. The molecular weight excluding hydrogens is 332 g/mol. The number of ether oxygens (including phenoxy) is 1. The van der Waals surface area contributed by atoms with Gasteiger partial charge in [0.25, 0.3) is 0 Å². The van der Waals surface area contributed by atoms with Gasteiger partial charge in [0, 0.05) is 18.1 Å². The van der Waals surface area contributed by atoms with Gasteiger partial charge in [-0.1, -0.05) is 23.2 Å². The van der Waals surface area contributed by atoms with Crippen LogP contribution in [0.25, 0.3) is 0 Å². The average Bonchev–Trinajstić information content (AvgIpc) is 2.32. The normalized spacial score (nSPS) is 11.5. The molecule has 1 aromatic rings. The van der Waals surface area contributed by atoms with Gasteiger partial charge >= 0.3 is 6.18 Å². The molecule has 0 bridgehead atoms. The lowest BCUT2D eigenvalue weighted by atomic mass is 10.2. The van der Waals surface area contributed by atoms with Crippen LogP contribution in [0, 0.1) is 0 Å². The molecule has 0 aliphatic carbocycles. The summed E-state index contributed by atoms with van der Waals surface area (Å²) in [6.07, 6.45) is -4.24. The standard InChI is InChI=1S/C12H13Cl2F3N2O2/c13-7-4-8(14)11(9(18)5-7)19-10(20)2-1-3-21-6-12(15,16)17/h4-5H,1-3,6,18H2,(H,19,20). The Morgan fingerprint density at radius 2 is 2.00 bits per heavy atom. The van der Waals surface area contributed by atoms with E-state index in [4.69, 9.17) is 28.9 Å². The lowest BCUT2D eigenvalue weighted by molar-refractivity contribution is -0.174. The van der Waals surface area contributed by atoms with Crippen LogP contribution < -0.4 is 11.1 Å². The van der Waals surface area contributed by atoms with Gasteiger partial charge in [-0.05, 0) is 18.6 Å². The highest BCUT2D eigenvalue weighted by Crippen LogP contribution is 2.32. The van der Waals surface area contributed by atoms with Crippen LogP contribution in [-0.2, 0) is 9.53 Å². The van der Waals surface area contributed by atoms with E-state index in [1.165, 1.54) is 12.1 Å². The van der Waals surface area contributed by atoms with Crippen LogP contribution in [0.4, 0.5) is 24.5 Å². The number of anilines is 2. The van der Waals surface area contributed by atoms with Gasteiger partial charge in [-0.25, -0.2) is 0 Å². The molecule has 9 heteroatoms. The predicted molar refractivity (Wildman–Crippen MR) is 75.6 cm³/mol. The number of hydrogen-bond acceptors (Lipinski definition) is 3. The molecule has 0 spiro atoms. The summed E-state index contributed by atoms with van der Waals surface area (Å²) in [5.41, 5.74) is 6.09. The fourth-order valence-corrected chi connectivity index (χ4v) is 2.01. The van der Waals surface area contributed by atoms with Crippen molar-refractivity contribution < 1.29 is 22.7 Å². The number of alkyl halides is 3. The quantitative estimate of drug-likeness (QED) is 0.608. The summed E-state index contributed by atoms with van der Waals surface area (Å²) in [5, 5.41) is 2.99. The summed E-state index contributed by atoms with van der Waals surface area (Å²) in [6.45, 7) is -1.50. The van der Waals surface area contributed by atoms with Crippen molar-refractivity contribution >= 4 is 40.5 Å². The largest absolute Gasteiger partial charge is 0.411 e. The molecular formula is C12H13Cl2F3N2O2. The number of nitrogens with one attached hydrogen (secondary N) is 1. The van der Waals surface area contributed by atoms with Gasteiger partial charge in [-0.3, -0.25) is 4.79 Å². The number of amides is 1. The maximum atomic E-state index is 11.8. The zero-order valence-electron chi connectivity index (χ0n) is 10.8. The maximum Gasteiger partial charge on any atom is 0.411 e. The zero-order chi connectivity index (χ0) is 16.0. The second-order valence-corrected chi connectivity index (χ2v) is 5.01. The van der Waals surface area contributed by atoms with Crippen LogP contribution in [0.1, 0.15) is 12.8 Å². The first-order valence-corrected chi connectivity index (χ1v) is 6.63. The van der Waals surface area contributed by atoms with Gasteiger partial charge in [-0.15, -0.1) is 0 Å². The highest BCUT2D eigenvalue weighted by Gasteiger charge is 2.27. The number of rotatable bonds is 6. The van der Waals surface area contributed by atoms with Gasteiger partial charge in [0.15, 0.2) is 0 Å². The van der Waals surface area contributed by atoms with Crippen LogP contribution in [0.5, 0.6) is 0 Å². The first-order chi connectivity index (χ1) is 9.69. The Labute approximate surface area is 129 Å². The SMILES string of the molecule is Nc1cc(Cl)cc(Cl)c1NC(=O)CCCOCC(F)(F)F. The Morgan fingerprint density at radius 3 is 2.57 bits per heavy atom. The summed E-state index contributed by atoms with van der Waals surface area (Å²) >= 11 is 11.6. The van der Waals surface area contributed by atoms with Gasteiger partial charge in [0.1, 0.15) is 6.61 Å². The Kier molecular flexibility index (Phi) is 6.57. The molecule has 1 rings (SSSR count). The second kappa shape index (κ2) is 7.72.